The Labute approximate surface area is 183 Å². The van der Waals surface area contributed by atoms with Crippen LogP contribution in [0.4, 0.5) is 17.2 Å². The maximum Gasteiger partial charge on any atom is 0.157 e. The van der Waals surface area contributed by atoms with Gasteiger partial charge in [-0.2, -0.15) is 5.10 Å². The van der Waals surface area contributed by atoms with E-state index >= 15 is 0 Å². The number of hydrogen-bond donors (Lipinski definition) is 2. The predicted molar refractivity (Wildman–Crippen MR) is 126 cm³/mol. The molecule has 3 aromatic rings. The molecule has 0 radical (unpaired) electrons. The average molecular weight is 418 g/mol. The van der Waals surface area contributed by atoms with Gasteiger partial charge in [-0.25, -0.2) is 0 Å². The van der Waals surface area contributed by atoms with E-state index in [4.69, 9.17) is 5.73 Å². The molecule has 6 rings (SSSR count). The van der Waals surface area contributed by atoms with E-state index in [2.05, 4.69) is 62.5 Å². The molecule has 0 aliphatic carbocycles. The van der Waals surface area contributed by atoms with Crippen molar-refractivity contribution in [1.82, 2.24) is 20.1 Å². The standard InChI is InChI=1S/C24H31N7/c1-14-9-17(25)10-23(26-14)16(3)27-24-22-11-18(7-8-21(22)15(2)28-29-24)31-13-19-5-6-20(31)12-30(19)4/h7-11,16,19-20H,5-6,12-13H2,1-4H3,(H2,25,26)(H,27,29)/t16-,19-,20-/m1/s1. The van der Waals surface area contributed by atoms with Gasteiger partial charge in [0.2, 0.25) is 0 Å². The number of benzene rings is 1. The third-order valence-corrected chi connectivity index (χ3v) is 6.88. The summed E-state index contributed by atoms with van der Waals surface area (Å²) >= 11 is 0. The molecule has 1 aromatic carbocycles. The second kappa shape index (κ2) is 7.64. The maximum absolute atomic E-state index is 6.04. The summed E-state index contributed by atoms with van der Waals surface area (Å²) in [6.45, 7) is 8.29. The van der Waals surface area contributed by atoms with Gasteiger partial charge >= 0.3 is 0 Å². The zero-order chi connectivity index (χ0) is 21.7. The summed E-state index contributed by atoms with van der Waals surface area (Å²) < 4.78 is 0. The van der Waals surface area contributed by atoms with Crippen molar-refractivity contribution in [2.75, 3.05) is 36.1 Å². The summed E-state index contributed by atoms with van der Waals surface area (Å²) in [6, 6.07) is 11.7. The first-order valence-corrected chi connectivity index (χ1v) is 11.1. The Hall–Kier alpha value is -2.93. The van der Waals surface area contributed by atoms with Crippen LogP contribution in [0.3, 0.4) is 0 Å². The number of aryl methyl sites for hydroxylation is 2. The number of fused-ring (bicyclic) bond motifs is 4. The van der Waals surface area contributed by atoms with Crippen LogP contribution in [0.2, 0.25) is 0 Å². The van der Waals surface area contributed by atoms with Gasteiger partial charge in [-0.15, -0.1) is 5.10 Å². The summed E-state index contributed by atoms with van der Waals surface area (Å²) in [5, 5.41) is 14.7. The normalized spacial score (nSPS) is 22.1. The highest BCUT2D eigenvalue weighted by Crippen LogP contribution is 2.35. The van der Waals surface area contributed by atoms with Crippen LogP contribution in [0.1, 0.15) is 42.9 Å². The Bertz CT molecular complexity index is 1110. The second-order valence-electron chi connectivity index (χ2n) is 9.17. The van der Waals surface area contributed by atoms with E-state index in [1.54, 1.807) is 0 Å². The molecule has 2 bridgehead atoms. The molecule has 3 saturated heterocycles. The minimum absolute atomic E-state index is 0.0364. The Kier molecular flexibility index (Phi) is 4.93. The Morgan fingerprint density at radius 1 is 1.03 bits per heavy atom. The van der Waals surface area contributed by atoms with Crippen molar-refractivity contribution in [3.05, 3.63) is 47.4 Å². The van der Waals surface area contributed by atoms with Crippen LogP contribution < -0.4 is 16.0 Å². The molecule has 162 valence electrons. The summed E-state index contributed by atoms with van der Waals surface area (Å²) in [5.74, 6) is 0.788. The van der Waals surface area contributed by atoms with Crippen molar-refractivity contribution >= 4 is 28.0 Å². The monoisotopic (exact) mass is 417 g/mol. The van der Waals surface area contributed by atoms with Gasteiger partial charge in [0.1, 0.15) is 0 Å². The first kappa shape index (κ1) is 20.0. The van der Waals surface area contributed by atoms with E-state index in [0.717, 1.165) is 52.4 Å². The number of hydrogen-bond acceptors (Lipinski definition) is 7. The second-order valence-corrected chi connectivity index (χ2v) is 9.17. The number of nitrogens with one attached hydrogen (secondary N) is 1. The highest BCUT2D eigenvalue weighted by atomic mass is 15.3. The van der Waals surface area contributed by atoms with Crippen molar-refractivity contribution < 1.29 is 0 Å². The average Bonchev–Trinajstić information content (AvgIpc) is 2.75. The number of nitrogen functional groups attached to an aromatic ring is 1. The summed E-state index contributed by atoms with van der Waals surface area (Å²) in [6.07, 6.45) is 2.57. The summed E-state index contributed by atoms with van der Waals surface area (Å²) in [5.41, 5.74) is 10.8. The van der Waals surface area contributed by atoms with Crippen LogP contribution in [0, 0.1) is 13.8 Å². The molecule has 3 aliphatic rings. The molecule has 31 heavy (non-hydrogen) atoms. The maximum atomic E-state index is 6.04. The van der Waals surface area contributed by atoms with E-state index in [1.165, 1.54) is 18.5 Å². The lowest BCUT2D eigenvalue weighted by Crippen LogP contribution is -2.61. The van der Waals surface area contributed by atoms with Gasteiger partial charge in [-0.05, 0) is 64.9 Å². The molecule has 3 N–H and O–H groups in total. The third-order valence-electron chi connectivity index (χ3n) is 6.88. The highest BCUT2D eigenvalue weighted by Gasteiger charge is 2.37. The molecule has 0 amide bonds. The smallest absolute Gasteiger partial charge is 0.157 e. The van der Waals surface area contributed by atoms with Gasteiger partial charge in [-0.1, -0.05) is 6.07 Å². The lowest BCUT2D eigenvalue weighted by molar-refractivity contribution is 0.125. The third kappa shape index (κ3) is 3.67. The molecule has 3 aliphatic heterocycles. The number of likely N-dealkylation sites (N-methyl/N-ethyl adjacent to an activating group) is 1. The van der Waals surface area contributed by atoms with Crippen LogP contribution >= 0.6 is 0 Å². The SMILES string of the molecule is Cc1cc(N)cc([C@@H](C)Nc2nnc(C)c3ccc(N4C[C@H]5CC[C@@H]4CN5C)cc23)n1. The van der Waals surface area contributed by atoms with Crippen LogP contribution in [-0.2, 0) is 0 Å². The molecule has 0 spiro atoms. The molecule has 3 atom stereocenters. The fourth-order valence-electron chi connectivity index (χ4n) is 5.14. The van der Waals surface area contributed by atoms with Crippen molar-refractivity contribution in [3.63, 3.8) is 0 Å². The zero-order valence-corrected chi connectivity index (χ0v) is 18.8. The molecule has 0 saturated carbocycles. The van der Waals surface area contributed by atoms with Crippen molar-refractivity contribution in [2.24, 2.45) is 0 Å². The van der Waals surface area contributed by atoms with E-state index < -0.39 is 0 Å². The number of piperidine rings is 2. The van der Waals surface area contributed by atoms with E-state index in [1.807, 2.05) is 26.0 Å². The molecule has 2 aromatic heterocycles. The van der Waals surface area contributed by atoms with Crippen molar-refractivity contribution in [3.8, 4) is 0 Å². The van der Waals surface area contributed by atoms with Gasteiger partial charge in [0.25, 0.3) is 0 Å². The molecule has 3 fully saturated rings. The van der Waals surface area contributed by atoms with Crippen molar-refractivity contribution in [2.45, 2.75) is 51.7 Å². The minimum Gasteiger partial charge on any atom is -0.399 e. The molecule has 0 unspecified atom stereocenters. The van der Waals surface area contributed by atoms with Crippen molar-refractivity contribution in [1.29, 1.82) is 0 Å². The number of piperazine rings is 1. The van der Waals surface area contributed by atoms with Crippen LogP contribution in [0.15, 0.2) is 30.3 Å². The van der Waals surface area contributed by atoms with E-state index in [0.29, 0.717) is 12.1 Å². The lowest BCUT2D eigenvalue weighted by atomic mass is 9.90. The largest absolute Gasteiger partial charge is 0.399 e. The first-order valence-electron chi connectivity index (χ1n) is 11.1. The highest BCUT2D eigenvalue weighted by molar-refractivity contribution is 5.95. The van der Waals surface area contributed by atoms with Gasteiger partial charge in [0.05, 0.1) is 17.4 Å². The lowest BCUT2D eigenvalue weighted by Gasteiger charge is -2.51. The van der Waals surface area contributed by atoms with Gasteiger partial charge in [-0.3, -0.25) is 9.88 Å². The number of nitrogens with zero attached hydrogens (tertiary/aromatic N) is 5. The molecule has 7 nitrogen and oxygen atoms in total. The zero-order valence-electron chi connectivity index (χ0n) is 18.8. The van der Waals surface area contributed by atoms with Gasteiger partial charge < -0.3 is 16.0 Å². The minimum atomic E-state index is -0.0364. The number of nitrogens with two attached hydrogens (primary N) is 1. The van der Waals surface area contributed by atoms with Crippen LogP contribution in [0.5, 0.6) is 0 Å². The number of rotatable bonds is 4. The van der Waals surface area contributed by atoms with Gasteiger partial charge in [0.15, 0.2) is 5.82 Å². The van der Waals surface area contributed by atoms with Gasteiger partial charge in [0, 0.05) is 53.0 Å². The van der Waals surface area contributed by atoms with E-state index in [-0.39, 0.29) is 6.04 Å². The quantitative estimate of drug-likeness (QED) is 0.670. The fourth-order valence-corrected chi connectivity index (χ4v) is 5.14. The number of aromatic nitrogens is 3. The molecular formula is C24H31N7. The Morgan fingerprint density at radius 2 is 1.84 bits per heavy atom. The summed E-state index contributed by atoms with van der Waals surface area (Å²) in [7, 11) is 2.25. The van der Waals surface area contributed by atoms with E-state index in [9.17, 15) is 0 Å². The fraction of sp³-hybridized carbons (Fsp3) is 0.458. The number of pyridine rings is 1. The first-order chi connectivity index (χ1) is 14.9. The number of anilines is 3. The van der Waals surface area contributed by atoms with Crippen LogP contribution in [0.25, 0.3) is 10.8 Å². The molecular weight excluding hydrogens is 386 g/mol. The summed E-state index contributed by atoms with van der Waals surface area (Å²) in [4.78, 5) is 9.74. The molecule has 5 heterocycles. The predicted octanol–water partition coefficient (Wildman–Crippen LogP) is 3.68. The molecule has 7 heteroatoms. The Balaban J connectivity index is 1.50. The topological polar surface area (TPSA) is 83.2 Å². The Morgan fingerprint density at radius 3 is 2.55 bits per heavy atom. The van der Waals surface area contributed by atoms with Crippen LogP contribution in [-0.4, -0.2) is 52.3 Å².